The summed E-state index contributed by atoms with van der Waals surface area (Å²) in [6, 6.07) is 15.0. The minimum atomic E-state index is -0.794. The SMILES string of the molecule is Cn1c(O)c(C(=O)C2c3ccccc3-c3ccccc32)c(=O)n(C)c1=O. The molecule has 0 unspecified atom stereocenters. The number of Topliss-reactive ketones (excluding diaryl/α,β-unsaturated/α-hetero) is 1. The summed E-state index contributed by atoms with van der Waals surface area (Å²) in [4.78, 5) is 37.9. The average molecular weight is 348 g/mol. The molecule has 6 nitrogen and oxygen atoms in total. The van der Waals surface area contributed by atoms with Crippen molar-refractivity contribution in [3.63, 3.8) is 0 Å². The van der Waals surface area contributed by atoms with Crippen LogP contribution in [0.2, 0.25) is 0 Å². The second-order valence-electron chi connectivity index (χ2n) is 6.38. The molecule has 1 aliphatic carbocycles. The van der Waals surface area contributed by atoms with Gasteiger partial charge in [0.25, 0.3) is 5.56 Å². The third-order valence-electron chi connectivity index (χ3n) is 4.98. The highest BCUT2D eigenvalue weighted by atomic mass is 16.3. The second-order valence-corrected chi connectivity index (χ2v) is 6.38. The van der Waals surface area contributed by atoms with Crippen LogP contribution in [0.4, 0.5) is 0 Å². The van der Waals surface area contributed by atoms with Crippen molar-refractivity contribution in [2.24, 2.45) is 14.1 Å². The normalized spacial score (nSPS) is 12.7. The summed E-state index contributed by atoms with van der Waals surface area (Å²) < 4.78 is 1.74. The fourth-order valence-corrected chi connectivity index (χ4v) is 3.63. The van der Waals surface area contributed by atoms with E-state index in [9.17, 15) is 19.5 Å². The first-order valence-electron chi connectivity index (χ1n) is 8.15. The lowest BCUT2D eigenvalue weighted by atomic mass is 9.89. The number of hydrogen-bond donors (Lipinski definition) is 1. The van der Waals surface area contributed by atoms with Crippen LogP contribution in [0.5, 0.6) is 5.88 Å². The second kappa shape index (κ2) is 5.56. The molecular weight excluding hydrogens is 332 g/mol. The summed E-state index contributed by atoms with van der Waals surface area (Å²) >= 11 is 0. The van der Waals surface area contributed by atoms with Crippen LogP contribution >= 0.6 is 0 Å². The van der Waals surface area contributed by atoms with E-state index in [1.807, 2.05) is 48.5 Å². The lowest BCUT2D eigenvalue weighted by molar-refractivity contribution is 0.0968. The molecule has 2 aromatic carbocycles. The van der Waals surface area contributed by atoms with Gasteiger partial charge in [0.05, 0.1) is 5.92 Å². The Hall–Kier alpha value is -3.41. The van der Waals surface area contributed by atoms with Crippen molar-refractivity contribution in [1.29, 1.82) is 0 Å². The number of fused-ring (bicyclic) bond motifs is 3. The summed E-state index contributed by atoms with van der Waals surface area (Å²) in [5, 5.41) is 10.3. The van der Waals surface area contributed by atoms with Gasteiger partial charge in [0.15, 0.2) is 5.78 Å². The van der Waals surface area contributed by atoms with Crippen molar-refractivity contribution >= 4 is 5.78 Å². The molecule has 0 aliphatic heterocycles. The molecule has 0 radical (unpaired) electrons. The van der Waals surface area contributed by atoms with Gasteiger partial charge in [-0.25, -0.2) is 4.79 Å². The number of aromatic nitrogens is 2. The highest BCUT2D eigenvalue weighted by Gasteiger charge is 2.37. The molecule has 0 saturated carbocycles. The maximum atomic E-state index is 13.3. The molecule has 130 valence electrons. The van der Waals surface area contributed by atoms with Crippen LogP contribution in [-0.4, -0.2) is 20.0 Å². The van der Waals surface area contributed by atoms with E-state index in [0.717, 1.165) is 31.4 Å². The molecule has 26 heavy (non-hydrogen) atoms. The third kappa shape index (κ3) is 2.02. The van der Waals surface area contributed by atoms with E-state index in [1.54, 1.807) is 0 Å². The summed E-state index contributed by atoms with van der Waals surface area (Å²) in [7, 11) is 2.61. The lowest BCUT2D eigenvalue weighted by Gasteiger charge is -2.15. The van der Waals surface area contributed by atoms with Crippen LogP contribution in [0.15, 0.2) is 58.1 Å². The van der Waals surface area contributed by atoms with E-state index >= 15 is 0 Å². The fourth-order valence-electron chi connectivity index (χ4n) is 3.63. The first-order valence-corrected chi connectivity index (χ1v) is 8.15. The van der Waals surface area contributed by atoms with Gasteiger partial charge < -0.3 is 5.11 Å². The van der Waals surface area contributed by atoms with Gasteiger partial charge in [-0.3, -0.25) is 18.7 Å². The van der Waals surface area contributed by atoms with Crippen LogP contribution < -0.4 is 11.2 Å². The Morgan fingerprint density at radius 1 is 0.885 bits per heavy atom. The number of carbonyl (C=O) groups excluding carboxylic acids is 1. The topological polar surface area (TPSA) is 81.3 Å². The Morgan fingerprint density at radius 2 is 1.38 bits per heavy atom. The van der Waals surface area contributed by atoms with Crippen LogP contribution in [0.1, 0.15) is 27.4 Å². The molecule has 0 saturated heterocycles. The molecule has 6 heteroatoms. The molecule has 0 spiro atoms. The zero-order chi connectivity index (χ0) is 18.6. The van der Waals surface area contributed by atoms with Crippen molar-refractivity contribution in [3.8, 4) is 17.0 Å². The summed E-state index contributed by atoms with van der Waals surface area (Å²) in [5.41, 5.74) is 1.59. The smallest absolute Gasteiger partial charge is 0.333 e. The molecule has 1 heterocycles. The number of ketones is 1. The monoisotopic (exact) mass is 348 g/mol. The van der Waals surface area contributed by atoms with Gasteiger partial charge in [0, 0.05) is 14.1 Å². The summed E-state index contributed by atoms with van der Waals surface area (Å²) in [6.07, 6.45) is 0. The number of hydrogen-bond acceptors (Lipinski definition) is 4. The predicted molar refractivity (Wildman–Crippen MR) is 96.6 cm³/mol. The standard InChI is InChI=1S/C20H16N2O4/c1-21-18(24)16(19(25)22(2)20(21)26)17(23)15-13-9-5-3-7-11(13)12-8-4-6-10-14(12)15/h3-10,15,24H,1-2H3. The van der Waals surface area contributed by atoms with E-state index in [-0.39, 0.29) is 5.56 Å². The first-order chi connectivity index (χ1) is 12.4. The van der Waals surface area contributed by atoms with Gasteiger partial charge in [-0.1, -0.05) is 48.5 Å². The molecule has 0 fully saturated rings. The number of nitrogens with zero attached hydrogens (tertiary/aromatic N) is 2. The van der Waals surface area contributed by atoms with Crippen molar-refractivity contribution in [2.45, 2.75) is 5.92 Å². The molecule has 0 atom stereocenters. The van der Waals surface area contributed by atoms with Crippen molar-refractivity contribution in [2.75, 3.05) is 0 Å². The first kappa shape index (κ1) is 16.1. The minimum Gasteiger partial charge on any atom is -0.494 e. The summed E-state index contributed by atoms with van der Waals surface area (Å²) in [5.74, 6) is -1.82. The Morgan fingerprint density at radius 3 is 1.92 bits per heavy atom. The maximum absolute atomic E-state index is 13.3. The lowest BCUT2D eigenvalue weighted by Crippen LogP contribution is -2.40. The van der Waals surface area contributed by atoms with Crippen molar-refractivity contribution in [1.82, 2.24) is 9.13 Å². The van der Waals surface area contributed by atoms with Gasteiger partial charge in [-0.15, -0.1) is 0 Å². The quantitative estimate of drug-likeness (QED) is 0.716. The van der Waals surface area contributed by atoms with Gasteiger partial charge >= 0.3 is 5.69 Å². The third-order valence-corrected chi connectivity index (χ3v) is 4.98. The molecule has 1 aliphatic rings. The zero-order valence-electron chi connectivity index (χ0n) is 14.3. The Balaban J connectivity index is 2.00. The van der Waals surface area contributed by atoms with Crippen LogP contribution in [-0.2, 0) is 14.1 Å². The fraction of sp³-hybridized carbons (Fsp3) is 0.150. The van der Waals surface area contributed by atoms with Gasteiger partial charge in [-0.2, -0.15) is 0 Å². The number of aromatic hydroxyl groups is 1. The van der Waals surface area contributed by atoms with Crippen molar-refractivity contribution in [3.05, 3.63) is 86.1 Å². The minimum absolute atomic E-state index is 0.369. The highest BCUT2D eigenvalue weighted by molar-refractivity contribution is 6.08. The maximum Gasteiger partial charge on any atom is 0.333 e. The molecule has 1 aromatic heterocycles. The highest BCUT2D eigenvalue weighted by Crippen LogP contribution is 2.46. The molecule has 3 aromatic rings. The van der Waals surface area contributed by atoms with Crippen LogP contribution in [0.25, 0.3) is 11.1 Å². The largest absolute Gasteiger partial charge is 0.494 e. The Labute approximate surface area is 148 Å². The van der Waals surface area contributed by atoms with Gasteiger partial charge in [-0.05, 0) is 22.3 Å². The van der Waals surface area contributed by atoms with Gasteiger partial charge in [0.2, 0.25) is 5.88 Å². The van der Waals surface area contributed by atoms with E-state index in [1.165, 1.54) is 14.1 Å². The van der Waals surface area contributed by atoms with E-state index < -0.39 is 28.8 Å². The molecule has 4 rings (SSSR count). The summed E-state index contributed by atoms with van der Waals surface area (Å²) in [6.45, 7) is 0. The van der Waals surface area contributed by atoms with Gasteiger partial charge in [0.1, 0.15) is 5.56 Å². The average Bonchev–Trinajstić information content (AvgIpc) is 2.99. The molecule has 1 N–H and O–H groups in total. The number of benzene rings is 2. The number of rotatable bonds is 2. The van der Waals surface area contributed by atoms with E-state index in [2.05, 4.69) is 0 Å². The predicted octanol–water partition coefficient (Wildman–Crippen LogP) is 1.78. The molecule has 0 bridgehead atoms. The number of carbonyl (C=O) groups is 1. The molecular formula is C20H16N2O4. The van der Waals surface area contributed by atoms with E-state index in [0.29, 0.717) is 0 Å². The Bertz CT molecular complexity index is 1140. The Kier molecular flexibility index (Phi) is 3.44. The van der Waals surface area contributed by atoms with E-state index in [4.69, 9.17) is 0 Å². The van der Waals surface area contributed by atoms with Crippen molar-refractivity contribution < 1.29 is 9.90 Å². The zero-order valence-corrected chi connectivity index (χ0v) is 14.3. The molecule has 0 amide bonds. The van der Waals surface area contributed by atoms with Crippen LogP contribution in [0.3, 0.4) is 0 Å². The van der Waals surface area contributed by atoms with Crippen LogP contribution in [0, 0.1) is 0 Å².